The molecule has 442 valence electrons. The fourth-order valence-electron chi connectivity index (χ4n) is 10.2. The number of allylic oxidation sites excluding steroid dienone is 6. The Hall–Kier alpha value is -1.67. The molecule has 0 aromatic carbocycles. The zero-order chi connectivity index (χ0) is 54.7. The van der Waals surface area contributed by atoms with Crippen LogP contribution in [0.5, 0.6) is 0 Å². The second-order valence-corrected chi connectivity index (χ2v) is 22.5. The van der Waals surface area contributed by atoms with Gasteiger partial charge in [0.2, 0.25) is 5.91 Å². The highest BCUT2D eigenvalue weighted by Gasteiger charge is 2.44. The summed E-state index contributed by atoms with van der Waals surface area (Å²) in [6, 6.07) is -1.19. The van der Waals surface area contributed by atoms with E-state index in [9.17, 15) is 40.5 Å². The Morgan fingerprint density at radius 3 is 1.19 bits per heavy atom. The summed E-state index contributed by atoms with van der Waals surface area (Å²) in [4.78, 5) is 13.2. The predicted molar refractivity (Wildman–Crippen MR) is 312 cm³/mol. The maximum absolute atomic E-state index is 13.2. The van der Waals surface area contributed by atoms with Gasteiger partial charge >= 0.3 is 0 Å². The quantitative estimate of drug-likeness (QED) is 0.0215. The van der Waals surface area contributed by atoms with E-state index < -0.39 is 74.2 Å². The van der Waals surface area contributed by atoms with E-state index in [1.807, 2.05) is 0 Å². The van der Waals surface area contributed by atoms with E-state index in [-0.39, 0.29) is 12.8 Å². The molecule has 1 fully saturated rings. The molecule has 11 heteroatoms. The number of carbonyl (C=O) groups excluding carboxylic acids is 1. The number of carbonyl (C=O) groups is 1. The Morgan fingerprint density at radius 1 is 0.453 bits per heavy atom. The number of ether oxygens (including phenoxy) is 2. The van der Waals surface area contributed by atoms with Crippen molar-refractivity contribution in [2.24, 2.45) is 0 Å². The number of hydrogen-bond acceptors (Lipinski definition) is 10. The summed E-state index contributed by atoms with van der Waals surface area (Å²) >= 11 is 0. The number of nitrogens with one attached hydrogen (secondary N) is 1. The smallest absolute Gasteiger partial charge is 0.249 e. The van der Waals surface area contributed by atoms with E-state index in [2.05, 4.69) is 55.6 Å². The third-order valence-corrected chi connectivity index (χ3v) is 15.4. The standard InChI is InChI=1S/C64H121NO10/c1-3-5-7-9-11-13-15-17-19-21-23-24-25-26-27-28-29-30-31-32-33-34-36-37-39-41-43-45-47-49-51-56(67)59(69)55(54-74-64-62(72)61(71)60(70)58(53-66)75-64)65-63(73)57(68)52-50-48-46-44-42-40-38-35-22-20-18-16-14-12-10-8-6-4-2/h31-32,36-37,43,45,55-62,64,66-72H,3-30,33-35,38-42,44,46-54H2,1-2H3,(H,65,73)/b32-31+,37-36+,45-43+. The number of amides is 1. The van der Waals surface area contributed by atoms with Gasteiger partial charge in [-0.3, -0.25) is 4.79 Å². The second-order valence-electron chi connectivity index (χ2n) is 22.5. The van der Waals surface area contributed by atoms with Gasteiger partial charge in [-0.1, -0.05) is 269 Å². The molecule has 0 aliphatic carbocycles. The summed E-state index contributed by atoms with van der Waals surface area (Å²) in [5, 5.41) is 76.2. The Bertz CT molecular complexity index is 1310. The number of hydrogen-bond donors (Lipinski definition) is 8. The second kappa shape index (κ2) is 53.0. The zero-order valence-electron chi connectivity index (χ0n) is 48.5. The van der Waals surface area contributed by atoms with Crippen LogP contribution in [0.25, 0.3) is 0 Å². The lowest BCUT2D eigenvalue weighted by Gasteiger charge is -2.40. The van der Waals surface area contributed by atoms with Crippen molar-refractivity contribution in [3.63, 3.8) is 0 Å². The summed E-state index contributed by atoms with van der Waals surface area (Å²) in [7, 11) is 0. The highest BCUT2D eigenvalue weighted by molar-refractivity contribution is 5.80. The minimum absolute atomic E-state index is 0.243. The van der Waals surface area contributed by atoms with Crippen LogP contribution in [0.2, 0.25) is 0 Å². The van der Waals surface area contributed by atoms with E-state index in [1.165, 1.54) is 205 Å². The Labute approximate surface area is 460 Å². The van der Waals surface area contributed by atoms with Crippen molar-refractivity contribution in [1.82, 2.24) is 5.32 Å². The van der Waals surface area contributed by atoms with Crippen LogP contribution in [0, 0.1) is 0 Å². The van der Waals surface area contributed by atoms with E-state index in [0.29, 0.717) is 19.3 Å². The Morgan fingerprint density at radius 2 is 0.800 bits per heavy atom. The van der Waals surface area contributed by atoms with Crippen LogP contribution in [0.4, 0.5) is 0 Å². The molecule has 0 bridgehead atoms. The van der Waals surface area contributed by atoms with Crippen LogP contribution in [-0.2, 0) is 14.3 Å². The van der Waals surface area contributed by atoms with E-state index in [1.54, 1.807) is 0 Å². The maximum Gasteiger partial charge on any atom is 0.249 e. The first kappa shape index (κ1) is 71.3. The SMILES string of the molecule is CCCCCCCCCCCCCCCCCCC/C=C/CC/C=C/CC/C=C/CCCC(O)C(O)C(COC1OC(CO)C(O)C(O)C1O)NC(=O)C(O)CCCCCCCCCCCCCCCCCCCC. The van der Waals surface area contributed by atoms with Gasteiger partial charge in [0.05, 0.1) is 25.4 Å². The molecule has 1 heterocycles. The number of aliphatic hydroxyl groups is 7. The summed E-state index contributed by atoms with van der Waals surface area (Å²) in [5.74, 6) is -0.708. The van der Waals surface area contributed by atoms with Crippen LogP contribution >= 0.6 is 0 Å². The van der Waals surface area contributed by atoms with E-state index in [4.69, 9.17) is 9.47 Å². The molecule has 75 heavy (non-hydrogen) atoms. The number of unbranched alkanes of at least 4 members (excludes halogenated alkanes) is 37. The molecule has 0 aromatic rings. The molecule has 0 spiro atoms. The Kier molecular flexibility index (Phi) is 50.4. The number of aliphatic hydroxyl groups excluding tert-OH is 7. The zero-order valence-corrected chi connectivity index (χ0v) is 48.5. The molecule has 9 unspecified atom stereocenters. The highest BCUT2D eigenvalue weighted by Crippen LogP contribution is 2.23. The monoisotopic (exact) mass is 1060 g/mol. The lowest BCUT2D eigenvalue weighted by molar-refractivity contribution is -0.303. The van der Waals surface area contributed by atoms with Crippen molar-refractivity contribution in [3.8, 4) is 0 Å². The van der Waals surface area contributed by atoms with Crippen LogP contribution in [0.15, 0.2) is 36.5 Å². The molecule has 1 saturated heterocycles. The molecule has 0 aromatic heterocycles. The average Bonchev–Trinajstić information content (AvgIpc) is 3.41. The predicted octanol–water partition coefficient (Wildman–Crippen LogP) is 14.2. The van der Waals surface area contributed by atoms with Crippen molar-refractivity contribution < 1.29 is 50.0 Å². The van der Waals surface area contributed by atoms with E-state index in [0.717, 1.165) is 44.9 Å². The van der Waals surface area contributed by atoms with Gasteiger partial charge in [0.15, 0.2) is 6.29 Å². The fourth-order valence-corrected chi connectivity index (χ4v) is 10.2. The molecular formula is C64H121NO10. The first-order valence-electron chi connectivity index (χ1n) is 31.9. The van der Waals surface area contributed by atoms with Crippen LogP contribution in [0.3, 0.4) is 0 Å². The molecule has 8 N–H and O–H groups in total. The molecule has 1 amide bonds. The van der Waals surface area contributed by atoms with Gasteiger partial charge in [-0.15, -0.1) is 0 Å². The molecule has 1 rings (SSSR count). The average molecular weight is 1060 g/mol. The van der Waals surface area contributed by atoms with Gasteiger partial charge in [0.25, 0.3) is 0 Å². The first-order valence-corrected chi connectivity index (χ1v) is 31.9. The third kappa shape index (κ3) is 41.1. The van der Waals surface area contributed by atoms with Gasteiger partial charge in [0, 0.05) is 0 Å². The third-order valence-electron chi connectivity index (χ3n) is 15.4. The Balaban J connectivity index is 2.28. The molecule has 9 atom stereocenters. The first-order chi connectivity index (χ1) is 36.7. The molecule has 11 nitrogen and oxygen atoms in total. The van der Waals surface area contributed by atoms with Gasteiger partial charge in [-0.25, -0.2) is 0 Å². The van der Waals surface area contributed by atoms with Crippen molar-refractivity contribution >= 4 is 5.91 Å². The fraction of sp³-hybridized carbons (Fsp3) is 0.891. The largest absolute Gasteiger partial charge is 0.394 e. The summed E-state index contributed by atoms with van der Waals surface area (Å²) in [6.07, 6.45) is 55.0. The van der Waals surface area contributed by atoms with Crippen molar-refractivity contribution in [2.45, 2.75) is 351 Å². The minimum Gasteiger partial charge on any atom is -0.394 e. The van der Waals surface area contributed by atoms with Gasteiger partial charge in [0.1, 0.15) is 36.6 Å². The minimum atomic E-state index is -1.67. The van der Waals surface area contributed by atoms with E-state index >= 15 is 0 Å². The lowest BCUT2D eigenvalue weighted by Crippen LogP contribution is -2.60. The van der Waals surface area contributed by atoms with Crippen molar-refractivity contribution in [2.75, 3.05) is 13.2 Å². The van der Waals surface area contributed by atoms with Gasteiger partial charge in [-0.2, -0.15) is 0 Å². The van der Waals surface area contributed by atoms with Gasteiger partial charge in [-0.05, 0) is 64.2 Å². The summed E-state index contributed by atoms with van der Waals surface area (Å²) in [6.45, 7) is 3.47. The number of rotatable bonds is 55. The topological polar surface area (TPSA) is 189 Å². The molecular weight excluding hydrogens is 943 g/mol. The van der Waals surface area contributed by atoms with Crippen LogP contribution in [-0.4, -0.2) is 110 Å². The molecule has 1 aliphatic heterocycles. The van der Waals surface area contributed by atoms with Crippen LogP contribution < -0.4 is 5.32 Å². The molecule has 0 radical (unpaired) electrons. The summed E-state index contributed by atoms with van der Waals surface area (Å²) in [5.41, 5.74) is 0. The highest BCUT2D eigenvalue weighted by atomic mass is 16.7. The normalized spacial score (nSPS) is 19.9. The van der Waals surface area contributed by atoms with Gasteiger partial charge < -0.3 is 50.5 Å². The summed E-state index contributed by atoms with van der Waals surface area (Å²) < 4.78 is 11.1. The maximum atomic E-state index is 13.2. The van der Waals surface area contributed by atoms with Crippen LogP contribution in [0.1, 0.15) is 296 Å². The van der Waals surface area contributed by atoms with Crippen molar-refractivity contribution in [3.05, 3.63) is 36.5 Å². The molecule has 1 aliphatic rings. The lowest BCUT2D eigenvalue weighted by atomic mass is 9.98. The van der Waals surface area contributed by atoms with Crippen molar-refractivity contribution in [1.29, 1.82) is 0 Å². The molecule has 0 saturated carbocycles.